The van der Waals surface area contributed by atoms with E-state index in [1.165, 1.54) is 0 Å². The van der Waals surface area contributed by atoms with Gasteiger partial charge in [0.1, 0.15) is 16.5 Å². The van der Waals surface area contributed by atoms with Crippen molar-refractivity contribution in [1.29, 1.82) is 0 Å². The Balaban J connectivity index is 1.71. The van der Waals surface area contributed by atoms with Crippen LogP contribution in [-0.4, -0.2) is 23.1 Å². The van der Waals surface area contributed by atoms with Crippen molar-refractivity contribution in [1.82, 2.24) is 4.90 Å². The largest absolute Gasteiger partial charge is 0.422 e. The molecular formula is C19H14ClNO3S. The van der Waals surface area contributed by atoms with Crippen LogP contribution in [0.15, 0.2) is 63.8 Å². The molecule has 25 heavy (non-hydrogen) atoms. The second kappa shape index (κ2) is 6.58. The fourth-order valence-electron chi connectivity index (χ4n) is 2.95. The van der Waals surface area contributed by atoms with Crippen LogP contribution in [0.2, 0.25) is 5.02 Å². The van der Waals surface area contributed by atoms with Gasteiger partial charge in [-0.2, -0.15) is 0 Å². The van der Waals surface area contributed by atoms with Gasteiger partial charge in [-0.1, -0.05) is 41.9 Å². The Labute approximate surface area is 153 Å². The molecule has 0 aliphatic carbocycles. The molecule has 2 aromatic carbocycles. The zero-order chi connectivity index (χ0) is 17.4. The minimum Gasteiger partial charge on any atom is -0.422 e. The van der Waals surface area contributed by atoms with Gasteiger partial charge in [0.25, 0.3) is 5.91 Å². The molecule has 126 valence electrons. The summed E-state index contributed by atoms with van der Waals surface area (Å²) in [6.07, 6.45) is 0. The summed E-state index contributed by atoms with van der Waals surface area (Å²) in [4.78, 5) is 27.0. The Morgan fingerprint density at radius 2 is 1.92 bits per heavy atom. The Hall–Kier alpha value is -2.24. The van der Waals surface area contributed by atoms with Crippen molar-refractivity contribution < 1.29 is 9.21 Å². The number of halogens is 1. The van der Waals surface area contributed by atoms with Gasteiger partial charge in [0.2, 0.25) is 0 Å². The van der Waals surface area contributed by atoms with Crippen molar-refractivity contribution >= 4 is 40.2 Å². The van der Waals surface area contributed by atoms with E-state index in [4.69, 9.17) is 16.0 Å². The quantitative estimate of drug-likeness (QED) is 0.629. The number of hydrogen-bond acceptors (Lipinski definition) is 4. The molecule has 1 amide bonds. The summed E-state index contributed by atoms with van der Waals surface area (Å²) in [7, 11) is 0. The summed E-state index contributed by atoms with van der Waals surface area (Å²) < 4.78 is 5.30. The number of para-hydroxylation sites is 1. The molecule has 0 spiro atoms. The van der Waals surface area contributed by atoms with Crippen LogP contribution in [0.5, 0.6) is 0 Å². The SMILES string of the molecule is O=C(c1cc2ccccc2oc1=O)N1CCS[C@H]1c1ccc(Cl)cc1. The van der Waals surface area contributed by atoms with E-state index in [0.717, 1.165) is 16.7 Å². The highest BCUT2D eigenvalue weighted by Crippen LogP contribution is 2.38. The highest BCUT2D eigenvalue weighted by Gasteiger charge is 2.32. The monoisotopic (exact) mass is 371 g/mol. The second-order valence-corrected chi connectivity index (χ2v) is 7.38. The lowest BCUT2D eigenvalue weighted by atomic mass is 10.1. The molecule has 1 aliphatic heterocycles. The highest BCUT2D eigenvalue weighted by atomic mass is 35.5. The van der Waals surface area contributed by atoms with E-state index >= 15 is 0 Å². The lowest BCUT2D eigenvalue weighted by Gasteiger charge is -2.24. The normalized spacial score (nSPS) is 17.2. The fourth-order valence-corrected chi connectivity index (χ4v) is 4.33. The predicted octanol–water partition coefficient (Wildman–Crippen LogP) is 4.33. The molecule has 1 aliphatic rings. The Kier molecular flexibility index (Phi) is 4.27. The summed E-state index contributed by atoms with van der Waals surface area (Å²) in [6, 6.07) is 16.2. The van der Waals surface area contributed by atoms with Gasteiger partial charge in [-0.25, -0.2) is 4.79 Å². The number of nitrogens with zero attached hydrogens (tertiary/aromatic N) is 1. The highest BCUT2D eigenvalue weighted by molar-refractivity contribution is 7.99. The van der Waals surface area contributed by atoms with E-state index < -0.39 is 5.63 Å². The summed E-state index contributed by atoms with van der Waals surface area (Å²) >= 11 is 7.62. The zero-order valence-electron chi connectivity index (χ0n) is 13.1. The first-order chi connectivity index (χ1) is 12.1. The van der Waals surface area contributed by atoms with Gasteiger partial charge < -0.3 is 9.32 Å². The summed E-state index contributed by atoms with van der Waals surface area (Å²) in [5.41, 5.74) is 0.940. The molecule has 0 unspecified atom stereocenters. The molecule has 1 atom stereocenters. The topological polar surface area (TPSA) is 50.5 Å². The number of carbonyl (C=O) groups excluding carboxylic acids is 1. The molecule has 0 saturated carbocycles. The van der Waals surface area contributed by atoms with Gasteiger partial charge in [0.15, 0.2) is 0 Å². The minimum absolute atomic E-state index is 0.0696. The van der Waals surface area contributed by atoms with Crippen molar-refractivity contribution in [3.8, 4) is 0 Å². The molecule has 2 heterocycles. The summed E-state index contributed by atoms with van der Waals surface area (Å²) in [5, 5.41) is 1.26. The number of benzene rings is 2. The predicted molar refractivity (Wildman–Crippen MR) is 100 cm³/mol. The van der Waals surface area contributed by atoms with Crippen molar-refractivity contribution in [2.75, 3.05) is 12.3 Å². The summed E-state index contributed by atoms with van der Waals surface area (Å²) in [6.45, 7) is 0.586. The first kappa shape index (κ1) is 16.2. The maximum Gasteiger partial charge on any atom is 0.349 e. The van der Waals surface area contributed by atoms with E-state index in [2.05, 4.69) is 0 Å². The van der Waals surface area contributed by atoms with Crippen molar-refractivity contribution in [3.63, 3.8) is 0 Å². The van der Waals surface area contributed by atoms with E-state index in [9.17, 15) is 9.59 Å². The first-order valence-electron chi connectivity index (χ1n) is 7.84. The van der Waals surface area contributed by atoms with E-state index in [1.54, 1.807) is 34.9 Å². The summed E-state index contributed by atoms with van der Waals surface area (Å²) in [5.74, 6) is 0.516. The van der Waals surface area contributed by atoms with Gasteiger partial charge >= 0.3 is 5.63 Å². The van der Waals surface area contributed by atoms with Crippen LogP contribution in [0.25, 0.3) is 11.0 Å². The van der Waals surface area contributed by atoms with Crippen LogP contribution in [0, 0.1) is 0 Å². The van der Waals surface area contributed by atoms with Gasteiger partial charge in [0.05, 0.1) is 0 Å². The van der Waals surface area contributed by atoms with Crippen molar-refractivity contribution in [2.24, 2.45) is 0 Å². The standard InChI is InChI=1S/C19H14ClNO3S/c20-14-7-5-12(6-8-14)18-21(9-10-25-18)17(22)15-11-13-3-1-2-4-16(13)24-19(15)23/h1-8,11,18H,9-10H2/t18-/m0/s1. The number of hydrogen-bond donors (Lipinski definition) is 0. The second-order valence-electron chi connectivity index (χ2n) is 5.76. The van der Waals surface area contributed by atoms with E-state index in [-0.39, 0.29) is 16.8 Å². The molecule has 6 heteroatoms. The lowest BCUT2D eigenvalue weighted by molar-refractivity contribution is 0.0756. The van der Waals surface area contributed by atoms with Crippen LogP contribution in [0.3, 0.4) is 0 Å². The number of rotatable bonds is 2. The zero-order valence-corrected chi connectivity index (χ0v) is 14.7. The van der Waals surface area contributed by atoms with E-state index in [1.807, 2.05) is 36.4 Å². The van der Waals surface area contributed by atoms with Crippen LogP contribution in [0.1, 0.15) is 21.3 Å². The number of amides is 1. The molecular weight excluding hydrogens is 358 g/mol. The van der Waals surface area contributed by atoms with Crippen molar-refractivity contribution in [3.05, 3.63) is 81.2 Å². The molecule has 0 radical (unpaired) electrons. The first-order valence-corrected chi connectivity index (χ1v) is 9.27. The molecule has 1 aromatic heterocycles. The molecule has 4 nitrogen and oxygen atoms in total. The van der Waals surface area contributed by atoms with E-state index in [0.29, 0.717) is 17.2 Å². The van der Waals surface area contributed by atoms with Gasteiger partial charge in [0, 0.05) is 22.7 Å². The maximum absolute atomic E-state index is 13.0. The van der Waals surface area contributed by atoms with Gasteiger partial charge in [-0.3, -0.25) is 4.79 Å². The average Bonchev–Trinajstić information content (AvgIpc) is 3.11. The van der Waals surface area contributed by atoms with Crippen LogP contribution in [-0.2, 0) is 0 Å². The molecule has 0 bridgehead atoms. The third-order valence-electron chi connectivity index (χ3n) is 4.18. The molecule has 1 saturated heterocycles. The lowest BCUT2D eigenvalue weighted by Crippen LogP contribution is -2.33. The molecule has 0 N–H and O–H groups in total. The third kappa shape index (κ3) is 3.05. The van der Waals surface area contributed by atoms with Crippen LogP contribution < -0.4 is 5.63 Å². The fraction of sp³-hybridized carbons (Fsp3) is 0.158. The van der Waals surface area contributed by atoms with Crippen LogP contribution >= 0.6 is 23.4 Å². The maximum atomic E-state index is 13.0. The number of carbonyl (C=O) groups is 1. The average molecular weight is 372 g/mol. The Bertz CT molecular complexity index is 999. The molecule has 3 aromatic rings. The Morgan fingerprint density at radius 1 is 1.16 bits per heavy atom. The van der Waals surface area contributed by atoms with Gasteiger partial charge in [-0.15, -0.1) is 11.8 Å². The minimum atomic E-state index is -0.601. The number of thioether (sulfide) groups is 1. The van der Waals surface area contributed by atoms with Gasteiger partial charge in [-0.05, 0) is 29.8 Å². The number of fused-ring (bicyclic) bond motifs is 1. The smallest absolute Gasteiger partial charge is 0.349 e. The van der Waals surface area contributed by atoms with Crippen molar-refractivity contribution in [2.45, 2.75) is 5.37 Å². The Morgan fingerprint density at radius 3 is 2.72 bits per heavy atom. The third-order valence-corrected chi connectivity index (χ3v) is 5.69. The van der Waals surface area contributed by atoms with Crippen LogP contribution in [0.4, 0.5) is 0 Å². The molecule has 1 fully saturated rings. The molecule has 4 rings (SSSR count).